The Balaban J connectivity index is 2.09. The van der Waals surface area contributed by atoms with Crippen LogP contribution in [0.1, 0.15) is 63.4 Å². The van der Waals surface area contributed by atoms with E-state index in [9.17, 15) is 4.79 Å². The van der Waals surface area contributed by atoms with Gasteiger partial charge >= 0.3 is 6.03 Å². The summed E-state index contributed by atoms with van der Waals surface area (Å²) in [5.74, 6) is 0. The number of aryl methyl sites for hydroxylation is 1. The second kappa shape index (κ2) is 6.93. The molecule has 0 aliphatic heterocycles. The van der Waals surface area contributed by atoms with Gasteiger partial charge in [0.05, 0.1) is 30.6 Å². The van der Waals surface area contributed by atoms with Gasteiger partial charge in [-0.15, -0.1) is 0 Å². The van der Waals surface area contributed by atoms with Gasteiger partial charge in [-0.3, -0.25) is 4.68 Å². The van der Waals surface area contributed by atoms with Crippen molar-refractivity contribution in [2.45, 2.75) is 64.6 Å². The van der Waals surface area contributed by atoms with Crippen LogP contribution in [0.2, 0.25) is 0 Å². The average molecular weight is 294 g/mol. The molecule has 1 heterocycles. The van der Waals surface area contributed by atoms with Crippen LogP contribution in [0.5, 0.6) is 0 Å². The molecule has 0 spiro atoms. The van der Waals surface area contributed by atoms with E-state index < -0.39 is 0 Å². The molecule has 1 aromatic rings. The van der Waals surface area contributed by atoms with E-state index in [1.54, 1.807) is 0 Å². The highest BCUT2D eigenvalue weighted by Crippen LogP contribution is 2.31. The van der Waals surface area contributed by atoms with Gasteiger partial charge in [0.15, 0.2) is 0 Å². The molecule has 6 nitrogen and oxygen atoms in total. The number of nitrogens with zero attached hydrogens (tertiary/aromatic N) is 2. The van der Waals surface area contributed by atoms with Gasteiger partial charge < -0.3 is 15.7 Å². The molecule has 2 atom stereocenters. The Morgan fingerprint density at radius 3 is 2.95 bits per heavy atom. The quantitative estimate of drug-likeness (QED) is 0.776. The van der Waals surface area contributed by atoms with Gasteiger partial charge in [0.2, 0.25) is 0 Å². The lowest BCUT2D eigenvalue weighted by molar-refractivity contribution is 0.210. The first-order valence-corrected chi connectivity index (χ1v) is 7.81. The Morgan fingerprint density at radius 2 is 2.33 bits per heavy atom. The maximum absolute atomic E-state index is 12.1. The lowest BCUT2D eigenvalue weighted by Gasteiger charge is -2.27. The molecule has 1 aromatic heterocycles. The van der Waals surface area contributed by atoms with Crippen LogP contribution < -0.4 is 10.6 Å². The van der Waals surface area contributed by atoms with Gasteiger partial charge in [-0.2, -0.15) is 5.10 Å². The molecule has 3 N–H and O–H groups in total. The molecular formula is C15H26N4O2. The third kappa shape index (κ3) is 3.56. The number of fused-ring (bicyclic) bond motifs is 1. The molecule has 2 amide bonds. The van der Waals surface area contributed by atoms with E-state index in [0.717, 1.165) is 25.0 Å². The number of carbonyl (C=O) groups excluding carboxylic acids is 1. The number of amides is 2. The van der Waals surface area contributed by atoms with E-state index in [1.807, 2.05) is 17.8 Å². The number of aliphatic hydroxyl groups is 1. The molecule has 1 aliphatic carbocycles. The maximum atomic E-state index is 12.1. The van der Waals surface area contributed by atoms with Crippen molar-refractivity contribution in [3.8, 4) is 0 Å². The summed E-state index contributed by atoms with van der Waals surface area (Å²) in [4.78, 5) is 12.1. The van der Waals surface area contributed by atoms with Crippen molar-refractivity contribution in [2.75, 3.05) is 6.61 Å². The lowest BCUT2D eigenvalue weighted by atomic mass is 9.93. The Labute approximate surface area is 125 Å². The molecule has 0 saturated heterocycles. The van der Waals surface area contributed by atoms with E-state index in [2.05, 4.69) is 29.6 Å². The molecule has 2 rings (SSSR count). The van der Waals surface area contributed by atoms with E-state index in [4.69, 9.17) is 5.11 Å². The second-order valence-corrected chi connectivity index (χ2v) is 5.94. The van der Waals surface area contributed by atoms with Crippen LogP contribution in [0.15, 0.2) is 6.20 Å². The fourth-order valence-electron chi connectivity index (χ4n) is 2.83. The van der Waals surface area contributed by atoms with Crippen LogP contribution in [0, 0.1) is 0 Å². The molecule has 118 valence electrons. The lowest BCUT2D eigenvalue weighted by Crippen LogP contribution is -2.45. The minimum Gasteiger partial charge on any atom is -0.394 e. The summed E-state index contributed by atoms with van der Waals surface area (Å²) in [5, 5.41) is 19.5. The minimum atomic E-state index is -0.217. The Hall–Kier alpha value is -1.56. The Bertz CT molecular complexity index is 480. The van der Waals surface area contributed by atoms with Gasteiger partial charge in [-0.1, -0.05) is 6.92 Å². The van der Waals surface area contributed by atoms with Crippen molar-refractivity contribution in [3.05, 3.63) is 17.5 Å². The van der Waals surface area contributed by atoms with Crippen molar-refractivity contribution in [1.29, 1.82) is 0 Å². The minimum absolute atomic E-state index is 0.00477. The molecule has 1 unspecified atom stereocenters. The summed E-state index contributed by atoms with van der Waals surface area (Å²) in [5.41, 5.74) is 2.36. The molecule has 0 fully saturated rings. The van der Waals surface area contributed by atoms with Crippen LogP contribution >= 0.6 is 0 Å². The number of rotatable bonds is 5. The molecular weight excluding hydrogens is 268 g/mol. The van der Waals surface area contributed by atoms with Crippen molar-refractivity contribution < 1.29 is 9.90 Å². The van der Waals surface area contributed by atoms with E-state index >= 15 is 0 Å². The largest absolute Gasteiger partial charge is 0.394 e. The monoisotopic (exact) mass is 294 g/mol. The first-order valence-electron chi connectivity index (χ1n) is 7.81. The summed E-state index contributed by atoms with van der Waals surface area (Å²) in [6.07, 6.45) is 5.64. The van der Waals surface area contributed by atoms with Crippen LogP contribution in [0.25, 0.3) is 0 Å². The fraction of sp³-hybridized carbons (Fsp3) is 0.733. The SMILES string of the molecule is CC[C@@H](CO)NC(=O)NC1CCCc2cnn(C(C)C)c21. The molecule has 0 aromatic carbocycles. The van der Waals surface area contributed by atoms with Crippen molar-refractivity contribution in [2.24, 2.45) is 0 Å². The second-order valence-electron chi connectivity index (χ2n) is 5.94. The van der Waals surface area contributed by atoms with Gasteiger partial charge in [0.25, 0.3) is 0 Å². The highest BCUT2D eigenvalue weighted by molar-refractivity contribution is 5.74. The van der Waals surface area contributed by atoms with Gasteiger partial charge in [-0.25, -0.2) is 4.79 Å². The van der Waals surface area contributed by atoms with Crippen LogP contribution in [0.4, 0.5) is 4.79 Å². The topological polar surface area (TPSA) is 79.2 Å². The van der Waals surface area contributed by atoms with E-state index in [1.165, 1.54) is 5.56 Å². The number of urea groups is 1. The number of hydrogen-bond donors (Lipinski definition) is 3. The predicted octanol–water partition coefficient (Wildman–Crippen LogP) is 1.91. The van der Waals surface area contributed by atoms with E-state index in [0.29, 0.717) is 6.42 Å². The normalized spacial score (nSPS) is 19.2. The third-order valence-electron chi connectivity index (χ3n) is 4.03. The van der Waals surface area contributed by atoms with Crippen LogP contribution in [0.3, 0.4) is 0 Å². The molecule has 0 saturated carbocycles. The highest BCUT2D eigenvalue weighted by atomic mass is 16.3. The first-order chi connectivity index (χ1) is 10.1. The molecule has 1 aliphatic rings. The fourth-order valence-corrected chi connectivity index (χ4v) is 2.83. The zero-order valence-corrected chi connectivity index (χ0v) is 13.1. The summed E-state index contributed by atoms with van der Waals surface area (Å²) in [6, 6.07) is -0.136. The summed E-state index contributed by atoms with van der Waals surface area (Å²) in [7, 11) is 0. The number of nitrogens with one attached hydrogen (secondary N) is 2. The van der Waals surface area contributed by atoms with Crippen molar-refractivity contribution in [1.82, 2.24) is 20.4 Å². The number of hydrogen-bond acceptors (Lipinski definition) is 3. The predicted molar refractivity (Wildman–Crippen MR) is 81.1 cm³/mol. The van der Waals surface area contributed by atoms with Crippen LogP contribution in [-0.4, -0.2) is 33.6 Å². The highest BCUT2D eigenvalue weighted by Gasteiger charge is 2.27. The van der Waals surface area contributed by atoms with Gasteiger partial charge in [-0.05, 0) is 45.1 Å². The molecule has 6 heteroatoms. The maximum Gasteiger partial charge on any atom is 0.315 e. The molecule has 21 heavy (non-hydrogen) atoms. The smallest absolute Gasteiger partial charge is 0.315 e. The zero-order valence-electron chi connectivity index (χ0n) is 13.1. The zero-order chi connectivity index (χ0) is 15.4. The first kappa shape index (κ1) is 15.8. The van der Waals surface area contributed by atoms with Gasteiger partial charge in [0, 0.05) is 6.04 Å². The standard InChI is InChI=1S/C15H26N4O2/c1-4-12(9-20)17-15(21)18-13-7-5-6-11-8-16-19(10(2)3)14(11)13/h8,10,12-13,20H,4-7,9H2,1-3H3,(H2,17,18,21)/t12-,13?/m0/s1. The summed E-state index contributed by atoms with van der Waals surface area (Å²) in [6.45, 7) is 6.09. The molecule has 0 bridgehead atoms. The van der Waals surface area contributed by atoms with Crippen molar-refractivity contribution >= 4 is 6.03 Å². The van der Waals surface area contributed by atoms with Gasteiger partial charge in [0.1, 0.15) is 0 Å². The molecule has 0 radical (unpaired) electrons. The Kier molecular flexibility index (Phi) is 5.22. The summed E-state index contributed by atoms with van der Waals surface area (Å²) >= 11 is 0. The van der Waals surface area contributed by atoms with E-state index in [-0.39, 0.29) is 30.8 Å². The number of aromatic nitrogens is 2. The van der Waals surface area contributed by atoms with Crippen molar-refractivity contribution in [3.63, 3.8) is 0 Å². The third-order valence-corrected chi connectivity index (χ3v) is 4.03. The average Bonchev–Trinajstić information content (AvgIpc) is 2.90. The number of carbonyl (C=O) groups is 1. The van der Waals surface area contributed by atoms with Crippen LogP contribution in [-0.2, 0) is 6.42 Å². The number of aliphatic hydroxyl groups excluding tert-OH is 1. The Morgan fingerprint density at radius 1 is 1.57 bits per heavy atom. The summed E-state index contributed by atoms with van der Waals surface area (Å²) < 4.78 is 2.00.